The Morgan fingerprint density at radius 2 is 2.19 bits per heavy atom. The minimum absolute atomic E-state index is 0.0306. The average Bonchev–Trinajstić information content (AvgIpc) is 3.03. The average molecular weight is 449 g/mol. The molecule has 1 aromatic heterocycles. The molecule has 2 N–H and O–H groups in total. The standard InChI is InChI=1S/C18H17BrN4O3S/c1-3-26-13-6-4-5-12(9-13)17-21-22-18(27)23(17)20-10-11-7-14(19)16(24)15(8-11)25-2/h4-10,24H,3H2,1-2H3,(H,22,27)/b20-10-. The Morgan fingerprint density at radius 3 is 2.93 bits per heavy atom. The second kappa shape index (κ2) is 8.36. The van der Waals surface area contributed by atoms with Crippen LogP contribution in [0, 0.1) is 4.77 Å². The van der Waals surface area contributed by atoms with Crippen LogP contribution in [0.25, 0.3) is 11.4 Å². The first-order valence-electron chi connectivity index (χ1n) is 8.05. The first kappa shape index (κ1) is 19.1. The zero-order valence-corrected chi connectivity index (χ0v) is 17.0. The number of aromatic amines is 1. The van der Waals surface area contributed by atoms with Crippen LogP contribution in [0.3, 0.4) is 0 Å². The maximum absolute atomic E-state index is 9.92. The van der Waals surface area contributed by atoms with Gasteiger partial charge in [0.2, 0.25) is 4.77 Å². The van der Waals surface area contributed by atoms with Crippen LogP contribution in [0.1, 0.15) is 12.5 Å². The summed E-state index contributed by atoms with van der Waals surface area (Å²) in [6, 6.07) is 10.9. The number of benzene rings is 2. The zero-order valence-electron chi connectivity index (χ0n) is 14.6. The number of ether oxygens (including phenoxy) is 2. The molecule has 7 nitrogen and oxygen atoms in total. The van der Waals surface area contributed by atoms with E-state index in [-0.39, 0.29) is 5.75 Å². The number of methoxy groups -OCH3 is 1. The largest absolute Gasteiger partial charge is 0.503 e. The smallest absolute Gasteiger partial charge is 0.216 e. The molecule has 0 radical (unpaired) electrons. The van der Waals surface area contributed by atoms with E-state index in [9.17, 15) is 5.11 Å². The lowest BCUT2D eigenvalue weighted by Gasteiger charge is -2.07. The van der Waals surface area contributed by atoms with E-state index in [1.807, 2.05) is 31.2 Å². The highest BCUT2D eigenvalue weighted by Gasteiger charge is 2.10. The number of phenols is 1. The number of hydrogen-bond acceptors (Lipinski definition) is 6. The molecule has 0 amide bonds. The van der Waals surface area contributed by atoms with Gasteiger partial charge in [-0.3, -0.25) is 0 Å². The van der Waals surface area contributed by atoms with Gasteiger partial charge in [0.15, 0.2) is 17.3 Å². The predicted molar refractivity (Wildman–Crippen MR) is 109 cm³/mol. The fraction of sp³-hybridized carbons (Fsp3) is 0.167. The molecule has 0 bridgehead atoms. The van der Waals surface area contributed by atoms with Crippen molar-refractivity contribution in [2.45, 2.75) is 6.92 Å². The van der Waals surface area contributed by atoms with Crippen molar-refractivity contribution >= 4 is 34.4 Å². The van der Waals surface area contributed by atoms with Gasteiger partial charge in [-0.25, -0.2) is 5.10 Å². The van der Waals surface area contributed by atoms with Crippen LogP contribution in [-0.4, -0.2) is 39.9 Å². The molecule has 9 heteroatoms. The third kappa shape index (κ3) is 4.20. The van der Waals surface area contributed by atoms with Crippen LogP contribution in [0.15, 0.2) is 46.0 Å². The fourth-order valence-corrected chi connectivity index (χ4v) is 3.06. The van der Waals surface area contributed by atoms with Gasteiger partial charge in [-0.2, -0.15) is 14.9 Å². The van der Waals surface area contributed by atoms with Crippen molar-refractivity contribution in [3.63, 3.8) is 0 Å². The number of aromatic hydroxyl groups is 1. The molecule has 0 unspecified atom stereocenters. The summed E-state index contributed by atoms with van der Waals surface area (Å²) < 4.78 is 13.1. The third-order valence-electron chi connectivity index (χ3n) is 3.65. The van der Waals surface area contributed by atoms with Crippen LogP contribution in [0.4, 0.5) is 0 Å². The van der Waals surface area contributed by atoms with Crippen LogP contribution in [0.5, 0.6) is 17.2 Å². The molecule has 27 heavy (non-hydrogen) atoms. The number of nitrogens with one attached hydrogen (secondary N) is 1. The summed E-state index contributed by atoms with van der Waals surface area (Å²) in [5, 5.41) is 21.4. The highest BCUT2D eigenvalue weighted by molar-refractivity contribution is 9.10. The molecular formula is C18H17BrN4O3S. The summed E-state index contributed by atoms with van der Waals surface area (Å²) >= 11 is 8.59. The Kier molecular flexibility index (Phi) is 5.92. The first-order valence-corrected chi connectivity index (χ1v) is 9.25. The van der Waals surface area contributed by atoms with Gasteiger partial charge in [-0.1, -0.05) is 12.1 Å². The summed E-state index contributed by atoms with van der Waals surface area (Å²) in [6.45, 7) is 2.50. The molecule has 0 saturated carbocycles. The number of aromatic nitrogens is 3. The lowest BCUT2D eigenvalue weighted by atomic mass is 10.2. The van der Waals surface area contributed by atoms with Gasteiger partial charge in [-0.05, 0) is 64.9 Å². The van der Waals surface area contributed by atoms with Crippen molar-refractivity contribution in [1.29, 1.82) is 0 Å². The van der Waals surface area contributed by atoms with E-state index in [1.54, 1.807) is 18.3 Å². The van der Waals surface area contributed by atoms with Gasteiger partial charge >= 0.3 is 0 Å². The van der Waals surface area contributed by atoms with Crippen molar-refractivity contribution in [2.24, 2.45) is 5.10 Å². The molecule has 3 aromatic rings. The van der Waals surface area contributed by atoms with Crippen LogP contribution < -0.4 is 9.47 Å². The van der Waals surface area contributed by atoms with E-state index in [0.717, 1.165) is 11.3 Å². The Hall–Kier alpha value is -2.65. The summed E-state index contributed by atoms with van der Waals surface area (Å²) in [6.07, 6.45) is 1.61. The summed E-state index contributed by atoms with van der Waals surface area (Å²) in [7, 11) is 1.48. The lowest BCUT2D eigenvalue weighted by Crippen LogP contribution is -1.97. The number of phenolic OH excluding ortho intramolecular Hbond substituents is 1. The SMILES string of the molecule is CCOc1cccc(-c2n[nH]c(=S)n2/N=C\c2cc(Br)c(O)c(OC)c2)c1. The van der Waals surface area contributed by atoms with Gasteiger partial charge in [0.25, 0.3) is 0 Å². The molecule has 2 aromatic carbocycles. The van der Waals surface area contributed by atoms with E-state index >= 15 is 0 Å². The predicted octanol–water partition coefficient (Wildman–Crippen LogP) is 4.37. The van der Waals surface area contributed by atoms with Gasteiger partial charge < -0.3 is 14.6 Å². The highest BCUT2D eigenvalue weighted by Crippen LogP contribution is 2.34. The third-order valence-corrected chi connectivity index (χ3v) is 4.52. The number of halogens is 1. The Labute approximate surface area is 169 Å². The second-order valence-electron chi connectivity index (χ2n) is 5.42. The van der Waals surface area contributed by atoms with Gasteiger partial charge in [0, 0.05) is 5.56 Å². The molecule has 1 heterocycles. The van der Waals surface area contributed by atoms with Crippen molar-refractivity contribution in [3.8, 4) is 28.6 Å². The van der Waals surface area contributed by atoms with Crippen molar-refractivity contribution < 1.29 is 14.6 Å². The molecule has 0 spiro atoms. The molecule has 3 rings (SSSR count). The van der Waals surface area contributed by atoms with E-state index < -0.39 is 0 Å². The first-order chi connectivity index (χ1) is 13.0. The van der Waals surface area contributed by atoms with E-state index in [1.165, 1.54) is 11.8 Å². The molecule has 0 fully saturated rings. The minimum atomic E-state index is 0.0306. The second-order valence-corrected chi connectivity index (χ2v) is 6.66. The minimum Gasteiger partial charge on any atom is -0.503 e. The van der Waals surface area contributed by atoms with Gasteiger partial charge in [-0.15, -0.1) is 0 Å². The Morgan fingerprint density at radius 1 is 1.37 bits per heavy atom. The molecule has 0 aliphatic carbocycles. The Bertz CT molecular complexity index is 1050. The van der Waals surface area contributed by atoms with Crippen molar-refractivity contribution in [1.82, 2.24) is 14.9 Å². The highest BCUT2D eigenvalue weighted by atomic mass is 79.9. The zero-order chi connectivity index (χ0) is 19.4. The lowest BCUT2D eigenvalue weighted by molar-refractivity contribution is 0.340. The van der Waals surface area contributed by atoms with E-state index in [4.69, 9.17) is 21.7 Å². The summed E-state index contributed by atoms with van der Waals surface area (Å²) in [5.41, 5.74) is 1.53. The van der Waals surface area contributed by atoms with Crippen LogP contribution in [-0.2, 0) is 0 Å². The van der Waals surface area contributed by atoms with Gasteiger partial charge in [0.1, 0.15) is 5.75 Å². The topological polar surface area (TPSA) is 84.7 Å². The van der Waals surface area contributed by atoms with Gasteiger partial charge in [0.05, 0.1) is 24.4 Å². The van der Waals surface area contributed by atoms with Crippen LogP contribution in [0.2, 0.25) is 0 Å². The number of nitrogens with zero attached hydrogens (tertiary/aromatic N) is 3. The fourth-order valence-electron chi connectivity index (χ4n) is 2.43. The summed E-state index contributed by atoms with van der Waals surface area (Å²) in [5.74, 6) is 1.67. The molecule has 140 valence electrons. The summed E-state index contributed by atoms with van der Waals surface area (Å²) in [4.78, 5) is 0. The monoisotopic (exact) mass is 448 g/mol. The van der Waals surface area contributed by atoms with Crippen LogP contribution >= 0.6 is 28.1 Å². The number of H-pyrrole nitrogens is 1. The molecule has 0 saturated heterocycles. The van der Waals surface area contributed by atoms with Crippen molar-refractivity contribution in [2.75, 3.05) is 13.7 Å². The van der Waals surface area contributed by atoms with E-state index in [2.05, 4.69) is 31.2 Å². The van der Waals surface area contributed by atoms with Crippen molar-refractivity contribution in [3.05, 3.63) is 51.2 Å². The number of hydrogen-bond donors (Lipinski definition) is 2. The normalized spacial score (nSPS) is 11.1. The maximum atomic E-state index is 9.92. The quantitative estimate of drug-likeness (QED) is 0.432. The molecule has 0 aliphatic rings. The number of rotatable bonds is 6. The molecule has 0 aliphatic heterocycles. The van der Waals surface area contributed by atoms with E-state index in [0.29, 0.717) is 33.0 Å². The molecular weight excluding hydrogens is 432 g/mol. The Balaban J connectivity index is 1.99. The molecule has 0 atom stereocenters. The maximum Gasteiger partial charge on any atom is 0.216 e.